The highest BCUT2D eigenvalue weighted by Crippen LogP contribution is 2.58. The predicted octanol–water partition coefficient (Wildman–Crippen LogP) is 21.3. The van der Waals surface area contributed by atoms with E-state index in [4.69, 9.17) is 4.42 Å². The van der Waals surface area contributed by atoms with Crippen molar-refractivity contribution in [2.24, 2.45) is 0 Å². The minimum Gasteiger partial charge on any atom is -0.455 e. The van der Waals surface area contributed by atoms with E-state index in [0.717, 1.165) is 47.6 Å². The summed E-state index contributed by atoms with van der Waals surface area (Å²) in [5, 5.41) is 6.31. The summed E-state index contributed by atoms with van der Waals surface area (Å²) >= 11 is 3.99. The van der Waals surface area contributed by atoms with Crippen LogP contribution in [0, 0.1) is 0 Å². The van der Waals surface area contributed by atoms with Crippen LogP contribution in [0.3, 0.4) is 0 Å². The number of rotatable bonds is 7. The Balaban J connectivity index is 1.07. The van der Waals surface area contributed by atoms with Gasteiger partial charge in [-0.05, 0) is 183 Å². The van der Waals surface area contributed by atoms with Crippen LogP contribution in [0.25, 0.3) is 85.6 Å². The molecule has 0 saturated heterocycles. The average molecular weight is 1100 g/mol. The molecule has 4 aliphatic rings. The molecule has 0 amide bonds. The molecular formula is C76H69BN2OS2. The van der Waals surface area contributed by atoms with E-state index >= 15 is 0 Å². The standard InChI is InChI=1S/C76H69BN2OS2/c1-10-11-20-45-27-32-61(51(37-45)48-23-16-13-17-24-48)78-63-41-54-50-25-18-19-26-64(50)80-71(54)68-55-38-52-53-39-57-59(75(6,7)35-33-73(57,2)3)42-65(53)81-67(52)44-62(55)79(49-30-28-47(29-31-49)46-21-14-12-15-22-46)77(69(63)68)72-70(78)56-40-58-60(43-66(56)82-72)76(8,9)36-34-74(58,4)5/h12-19,21-32,37-44H,10-11,20,33-36H2,1-9H3. The van der Waals surface area contributed by atoms with Gasteiger partial charge in [-0.3, -0.25) is 0 Å². The van der Waals surface area contributed by atoms with Crippen LogP contribution in [0.1, 0.15) is 129 Å². The molecule has 0 atom stereocenters. The Hall–Kier alpha value is -7.38. The Labute approximate surface area is 491 Å². The number of fused-ring (bicyclic) bond motifs is 15. The van der Waals surface area contributed by atoms with Crippen molar-refractivity contribution in [3.8, 4) is 33.4 Å². The molecule has 6 heteroatoms. The summed E-state index contributed by atoms with van der Waals surface area (Å²) < 4.78 is 12.8. The van der Waals surface area contributed by atoms with Crippen LogP contribution in [0.2, 0.25) is 0 Å². The molecule has 5 heterocycles. The number of unbranched alkanes of at least 4 members (excludes halogenated alkanes) is 1. The van der Waals surface area contributed by atoms with Crippen LogP contribution in [0.5, 0.6) is 0 Å². The van der Waals surface area contributed by atoms with Gasteiger partial charge in [-0.2, -0.15) is 0 Å². The van der Waals surface area contributed by atoms with E-state index in [1.165, 1.54) is 149 Å². The van der Waals surface area contributed by atoms with Gasteiger partial charge in [0, 0.05) is 79.6 Å². The zero-order valence-electron chi connectivity index (χ0n) is 48.8. The molecular weight excluding hydrogens is 1030 g/mol. The lowest BCUT2D eigenvalue weighted by molar-refractivity contribution is 0.332. The third-order valence-electron chi connectivity index (χ3n) is 20.1. The lowest BCUT2D eigenvalue weighted by Crippen LogP contribution is -2.60. The zero-order chi connectivity index (χ0) is 55.8. The van der Waals surface area contributed by atoms with E-state index in [-0.39, 0.29) is 28.5 Å². The normalized spacial score (nSPS) is 17.1. The van der Waals surface area contributed by atoms with Gasteiger partial charge in [0.2, 0.25) is 0 Å². The molecule has 9 aromatic carbocycles. The monoisotopic (exact) mass is 1100 g/mol. The summed E-state index contributed by atoms with van der Waals surface area (Å²) in [5.41, 5.74) is 24.3. The molecule has 16 rings (SSSR count). The summed E-state index contributed by atoms with van der Waals surface area (Å²) in [5.74, 6) is 0. The van der Waals surface area contributed by atoms with E-state index < -0.39 is 0 Å². The number of anilines is 5. The zero-order valence-corrected chi connectivity index (χ0v) is 50.4. The van der Waals surface area contributed by atoms with Crippen molar-refractivity contribution in [3.05, 3.63) is 198 Å². The molecule has 0 fully saturated rings. The molecule has 3 aromatic heterocycles. The maximum atomic E-state index is 7.41. The molecule has 0 radical (unpaired) electrons. The number of hydrogen-bond donors (Lipinski definition) is 0. The Morgan fingerprint density at radius 1 is 0.476 bits per heavy atom. The van der Waals surface area contributed by atoms with Crippen molar-refractivity contribution < 1.29 is 4.42 Å². The van der Waals surface area contributed by atoms with Crippen molar-refractivity contribution in [1.82, 2.24) is 0 Å². The highest BCUT2D eigenvalue weighted by molar-refractivity contribution is 7.32. The summed E-state index contributed by atoms with van der Waals surface area (Å²) in [4.78, 5) is 5.48. The highest BCUT2D eigenvalue weighted by Gasteiger charge is 2.50. The predicted molar refractivity (Wildman–Crippen MR) is 356 cm³/mol. The van der Waals surface area contributed by atoms with Gasteiger partial charge in [0.15, 0.2) is 0 Å². The van der Waals surface area contributed by atoms with Crippen molar-refractivity contribution in [2.45, 2.75) is 129 Å². The second-order valence-corrected chi connectivity index (χ2v) is 29.3. The van der Waals surface area contributed by atoms with Gasteiger partial charge in [0.25, 0.3) is 0 Å². The van der Waals surface area contributed by atoms with Gasteiger partial charge >= 0.3 is 6.85 Å². The van der Waals surface area contributed by atoms with Crippen LogP contribution in [0.15, 0.2) is 174 Å². The van der Waals surface area contributed by atoms with E-state index in [2.05, 4.69) is 242 Å². The third-order valence-corrected chi connectivity index (χ3v) is 22.5. The van der Waals surface area contributed by atoms with E-state index in [9.17, 15) is 0 Å². The summed E-state index contributed by atoms with van der Waals surface area (Å²) in [7, 11) is 0. The Morgan fingerprint density at radius 2 is 1.05 bits per heavy atom. The van der Waals surface area contributed by atoms with Gasteiger partial charge in [-0.1, -0.05) is 166 Å². The SMILES string of the molecule is CCCCc1ccc(N2c3cc4c(oc5ccccc54)c4c3B(c3sc5cc6c(cc5c32)C(C)(C)CCC6(C)C)N(c2ccc(-c3ccccc3)cc2)c2cc3sc5cc6c(cc5c3cc2-4)C(C)(C)CCC6(C)C)c(-c2ccccc2)c1. The maximum Gasteiger partial charge on any atom is 0.343 e. The van der Waals surface area contributed by atoms with E-state index in [0.29, 0.717) is 0 Å². The number of nitrogens with zero attached hydrogens (tertiary/aromatic N) is 2. The first-order valence-electron chi connectivity index (χ1n) is 30.2. The first-order chi connectivity index (χ1) is 39.6. The van der Waals surface area contributed by atoms with E-state index in [1.807, 2.05) is 22.7 Å². The quantitative estimate of drug-likeness (QED) is 0.148. The minimum absolute atomic E-state index is 0.0210. The molecule has 0 saturated carbocycles. The largest absolute Gasteiger partial charge is 0.455 e. The lowest BCUT2D eigenvalue weighted by Gasteiger charge is -2.45. The fraction of sp³-hybridized carbons (Fsp3) is 0.263. The summed E-state index contributed by atoms with van der Waals surface area (Å²) in [6.45, 7) is 21.9. The van der Waals surface area contributed by atoms with Crippen molar-refractivity contribution >= 4 is 120 Å². The molecule has 12 aromatic rings. The van der Waals surface area contributed by atoms with Gasteiger partial charge in [-0.15, -0.1) is 22.7 Å². The number of hydrogen-bond acceptors (Lipinski definition) is 5. The second kappa shape index (κ2) is 17.8. The molecule has 2 aliphatic heterocycles. The van der Waals surface area contributed by atoms with Gasteiger partial charge in [0.05, 0.1) is 11.4 Å². The molecule has 2 aliphatic carbocycles. The van der Waals surface area contributed by atoms with Gasteiger partial charge < -0.3 is 14.1 Å². The number of furan rings is 1. The summed E-state index contributed by atoms with van der Waals surface area (Å²) in [6.07, 6.45) is 8.04. The average Bonchev–Trinajstić information content (AvgIpc) is 3.62. The smallest absolute Gasteiger partial charge is 0.343 e. The molecule has 404 valence electrons. The third kappa shape index (κ3) is 7.38. The molecule has 0 unspecified atom stereocenters. The van der Waals surface area contributed by atoms with Crippen LogP contribution < -0.4 is 20.0 Å². The van der Waals surface area contributed by atoms with Gasteiger partial charge in [-0.25, -0.2) is 0 Å². The number of para-hydroxylation sites is 1. The van der Waals surface area contributed by atoms with Crippen LogP contribution in [0.4, 0.5) is 28.4 Å². The Morgan fingerprint density at radius 3 is 1.72 bits per heavy atom. The van der Waals surface area contributed by atoms with Gasteiger partial charge in [0.1, 0.15) is 11.2 Å². The van der Waals surface area contributed by atoms with Crippen molar-refractivity contribution in [1.29, 1.82) is 0 Å². The molecule has 82 heavy (non-hydrogen) atoms. The lowest BCUT2D eigenvalue weighted by atomic mass is 9.46. The van der Waals surface area contributed by atoms with Crippen LogP contribution >= 0.6 is 22.7 Å². The molecule has 0 N–H and O–H groups in total. The van der Waals surface area contributed by atoms with E-state index in [1.54, 1.807) is 0 Å². The maximum absolute atomic E-state index is 7.41. The number of aryl methyl sites for hydroxylation is 1. The van der Waals surface area contributed by atoms with Crippen molar-refractivity contribution in [3.63, 3.8) is 0 Å². The van der Waals surface area contributed by atoms with Crippen LogP contribution in [-0.4, -0.2) is 6.85 Å². The minimum atomic E-state index is -0.191. The second-order valence-electron chi connectivity index (χ2n) is 27.1. The first kappa shape index (κ1) is 50.4. The Bertz CT molecular complexity index is 4630. The molecule has 0 spiro atoms. The summed E-state index contributed by atoms with van der Waals surface area (Å²) in [6, 6.07) is 65.9. The molecule has 0 bridgehead atoms. The van der Waals surface area contributed by atoms with Crippen molar-refractivity contribution in [2.75, 3.05) is 9.71 Å². The number of benzene rings is 9. The first-order valence-corrected chi connectivity index (χ1v) is 31.8. The number of thiophene rings is 2. The fourth-order valence-corrected chi connectivity index (χ4v) is 17.7. The molecule has 3 nitrogen and oxygen atoms in total. The fourth-order valence-electron chi connectivity index (χ4n) is 15.2. The highest BCUT2D eigenvalue weighted by atomic mass is 32.1. The Kier molecular flexibility index (Phi) is 10.9. The topological polar surface area (TPSA) is 19.6 Å². The van der Waals surface area contributed by atoms with Crippen LogP contribution in [-0.2, 0) is 28.1 Å².